The molecule has 39 heavy (non-hydrogen) atoms. The van der Waals surface area contributed by atoms with Gasteiger partial charge in [0, 0.05) is 38.6 Å². The monoisotopic (exact) mass is 577 g/mol. The minimum absolute atomic E-state index is 0. The van der Waals surface area contributed by atoms with E-state index in [2.05, 4.69) is 28.9 Å². The molecule has 1 aliphatic heterocycles. The number of sulfonamides is 1. The Kier molecular flexibility index (Phi) is 12.1. The van der Waals surface area contributed by atoms with Crippen LogP contribution in [0.4, 0.5) is 0 Å². The topological polar surface area (TPSA) is 92.9 Å². The summed E-state index contributed by atoms with van der Waals surface area (Å²) in [5.41, 5.74) is 1.22. The summed E-state index contributed by atoms with van der Waals surface area (Å²) in [5.74, 6) is 2.23. The summed E-state index contributed by atoms with van der Waals surface area (Å²) in [5, 5.41) is 5.15. The lowest BCUT2D eigenvalue weighted by Crippen LogP contribution is -2.48. The van der Waals surface area contributed by atoms with Crippen LogP contribution in [0.25, 0.3) is 0 Å². The normalized spacial score (nSPS) is 17.4. The first-order chi connectivity index (χ1) is 18.3. The first-order valence-electron chi connectivity index (χ1n) is 14.2. The molecule has 0 aromatic heterocycles. The number of hydrogen-bond donors (Lipinski definition) is 1. The van der Waals surface area contributed by atoms with Crippen LogP contribution in [-0.4, -0.2) is 49.8 Å². The predicted molar refractivity (Wildman–Crippen MR) is 158 cm³/mol. The van der Waals surface area contributed by atoms with Crippen LogP contribution in [-0.2, 0) is 21.4 Å². The molecule has 2 fully saturated rings. The van der Waals surface area contributed by atoms with E-state index >= 15 is 0 Å². The fourth-order valence-corrected chi connectivity index (χ4v) is 6.25. The van der Waals surface area contributed by atoms with Crippen molar-refractivity contribution < 1.29 is 17.9 Å². The Hall–Kier alpha value is -2.13. The third-order valence-corrected chi connectivity index (χ3v) is 8.91. The highest BCUT2D eigenvalue weighted by Crippen LogP contribution is 2.29. The van der Waals surface area contributed by atoms with Crippen LogP contribution in [0.15, 0.2) is 53.4 Å². The van der Waals surface area contributed by atoms with E-state index in [4.69, 9.17) is 9.88 Å². The van der Waals surface area contributed by atoms with Crippen LogP contribution in [0.2, 0.25) is 0 Å². The molecule has 1 amide bonds. The van der Waals surface area contributed by atoms with Crippen molar-refractivity contribution in [3.8, 4) is 11.5 Å². The average Bonchev–Trinajstić information content (AvgIpc) is 2.91. The Morgan fingerprint density at radius 1 is 0.949 bits per heavy atom. The van der Waals surface area contributed by atoms with Crippen molar-refractivity contribution in [2.75, 3.05) is 19.6 Å². The number of piperidine rings is 1. The lowest BCUT2D eigenvalue weighted by Gasteiger charge is -2.39. The smallest absolute Gasteiger partial charge is 0.238 e. The number of nitrogens with zero attached hydrogens (tertiary/aromatic N) is 2. The predicted octanol–water partition coefficient (Wildman–Crippen LogP) is 6.11. The van der Waals surface area contributed by atoms with Crippen molar-refractivity contribution in [2.45, 2.75) is 88.6 Å². The summed E-state index contributed by atoms with van der Waals surface area (Å²) in [6, 6.07) is 14.5. The first kappa shape index (κ1) is 31.4. The van der Waals surface area contributed by atoms with Gasteiger partial charge in [-0.2, -0.15) is 0 Å². The molecule has 1 saturated carbocycles. The number of amides is 1. The van der Waals surface area contributed by atoms with E-state index < -0.39 is 10.0 Å². The molecule has 4 rings (SSSR count). The second-order valence-corrected chi connectivity index (χ2v) is 12.5. The molecule has 1 saturated heterocycles. The summed E-state index contributed by atoms with van der Waals surface area (Å²) < 4.78 is 28.7. The molecule has 2 aromatic carbocycles. The standard InChI is InChI=1S/C30H43N3O4S.ClH/c1-2-3-19-33(30(34)22-24-7-5-4-6-8-24)26-17-20-32(21-18-26)23-25-9-11-27(12-10-25)37-28-13-15-29(16-14-28)38(31,35)36;/h9-16,24,26H,2-8,17-23H2,1H3,(H2,31,35,36);1H. The van der Waals surface area contributed by atoms with E-state index in [1.807, 2.05) is 12.1 Å². The van der Waals surface area contributed by atoms with Gasteiger partial charge in [0.25, 0.3) is 0 Å². The Morgan fingerprint density at radius 3 is 2.10 bits per heavy atom. The van der Waals surface area contributed by atoms with Crippen molar-refractivity contribution in [2.24, 2.45) is 11.1 Å². The van der Waals surface area contributed by atoms with E-state index in [1.165, 1.54) is 49.8 Å². The van der Waals surface area contributed by atoms with Crippen molar-refractivity contribution in [1.82, 2.24) is 9.80 Å². The van der Waals surface area contributed by atoms with Crippen molar-refractivity contribution in [1.29, 1.82) is 0 Å². The third kappa shape index (κ3) is 9.48. The first-order valence-corrected chi connectivity index (χ1v) is 15.8. The van der Waals surface area contributed by atoms with Crippen LogP contribution in [0.3, 0.4) is 0 Å². The quantitative estimate of drug-likeness (QED) is 0.348. The number of hydrogen-bond acceptors (Lipinski definition) is 5. The van der Waals surface area contributed by atoms with E-state index in [1.54, 1.807) is 12.1 Å². The number of rotatable bonds is 11. The number of nitrogens with two attached hydrogens (primary N) is 1. The molecular weight excluding hydrogens is 534 g/mol. The zero-order valence-electron chi connectivity index (χ0n) is 23.1. The summed E-state index contributed by atoms with van der Waals surface area (Å²) in [6.07, 6.45) is 11.4. The van der Waals surface area contributed by atoms with Gasteiger partial charge >= 0.3 is 0 Å². The van der Waals surface area contributed by atoms with Crippen molar-refractivity contribution >= 4 is 28.3 Å². The molecule has 2 aromatic rings. The molecule has 7 nitrogen and oxygen atoms in total. The average molecular weight is 578 g/mol. The molecule has 0 unspecified atom stereocenters. The molecule has 0 spiro atoms. The maximum atomic E-state index is 13.3. The Balaban J connectivity index is 0.00000420. The second-order valence-electron chi connectivity index (χ2n) is 10.9. The molecule has 2 N–H and O–H groups in total. The third-order valence-electron chi connectivity index (χ3n) is 7.98. The minimum Gasteiger partial charge on any atom is -0.457 e. The van der Waals surface area contributed by atoms with Gasteiger partial charge in [0.2, 0.25) is 15.9 Å². The zero-order valence-corrected chi connectivity index (χ0v) is 24.7. The van der Waals surface area contributed by atoms with Crippen LogP contribution in [0.5, 0.6) is 11.5 Å². The van der Waals surface area contributed by atoms with Gasteiger partial charge in [-0.1, -0.05) is 44.7 Å². The van der Waals surface area contributed by atoms with Crippen LogP contribution in [0, 0.1) is 5.92 Å². The van der Waals surface area contributed by atoms with Gasteiger partial charge in [-0.05, 0) is 80.0 Å². The SMILES string of the molecule is CCCCN(C(=O)CC1CCCCC1)C1CCN(Cc2ccc(Oc3ccc(S(N)(=O)=O)cc3)cc2)CC1.Cl. The summed E-state index contributed by atoms with van der Waals surface area (Å²) in [4.78, 5) is 18.0. The number of likely N-dealkylation sites (tertiary alicyclic amines) is 1. The number of benzene rings is 2. The molecule has 1 heterocycles. The molecule has 2 aliphatic rings. The van der Waals surface area contributed by atoms with E-state index in [0.717, 1.165) is 58.3 Å². The van der Waals surface area contributed by atoms with Gasteiger partial charge in [0.1, 0.15) is 11.5 Å². The lowest BCUT2D eigenvalue weighted by atomic mass is 9.86. The molecule has 216 valence electrons. The van der Waals surface area contributed by atoms with Crippen LogP contribution >= 0.6 is 12.4 Å². The molecule has 0 radical (unpaired) electrons. The number of ether oxygens (including phenoxy) is 1. The fourth-order valence-electron chi connectivity index (χ4n) is 5.74. The zero-order chi connectivity index (χ0) is 27.0. The highest BCUT2D eigenvalue weighted by molar-refractivity contribution is 7.89. The Labute approximate surface area is 240 Å². The number of carbonyl (C=O) groups is 1. The lowest BCUT2D eigenvalue weighted by molar-refractivity contribution is -0.136. The Morgan fingerprint density at radius 2 is 1.54 bits per heavy atom. The van der Waals surface area contributed by atoms with Crippen LogP contribution in [0.1, 0.15) is 76.7 Å². The molecule has 1 aliphatic carbocycles. The van der Waals surface area contributed by atoms with E-state index in [0.29, 0.717) is 29.4 Å². The van der Waals surface area contributed by atoms with E-state index in [9.17, 15) is 13.2 Å². The maximum absolute atomic E-state index is 13.3. The maximum Gasteiger partial charge on any atom is 0.238 e. The van der Waals surface area contributed by atoms with Crippen LogP contribution < -0.4 is 9.88 Å². The highest BCUT2D eigenvalue weighted by atomic mass is 35.5. The van der Waals surface area contributed by atoms with Crippen molar-refractivity contribution in [3.63, 3.8) is 0 Å². The van der Waals surface area contributed by atoms with Crippen molar-refractivity contribution in [3.05, 3.63) is 54.1 Å². The second kappa shape index (κ2) is 15.0. The van der Waals surface area contributed by atoms with Gasteiger partial charge in [-0.3, -0.25) is 9.69 Å². The van der Waals surface area contributed by atoms with Gasteiger partial charge < -0.3 is 9.64 Å². The fraction of sp³-hybridized carbons (Fsp3) is 0.567. The van der Waals surface area contributed by atoms with Gasteiger partial charge in [-0.25, -0.2) is 13.6 Å². The van der Waals surface area contributed by atoms with E-state index in [-0.39, 0.29) is 17.3 Å². The molecule has 9 heteroatoms. The number of halogens is 1. The number of primary sulfonamides is 1. The number of carbonyl (C=O) groups excluding carboxylic acids is 1. The Bertz CT molecular complexity index is 1130. The molecule has 0 bridgehead atoms. The largest absolute Gasteiger partial charge is 0.457 e. The van der Waals surface area contributed by atoms with Gasteiger partial charge in [0.05, 0.1) is 4.90 Å². The van der Waals surface area contributed by atoms with Gasteiger partial charge in [0.15, 0.2) is 0 Å². The molecular formula is C30H44ClN3O4S. The summed E-state index contributed by atoms with van der Waals surface area (Å²) in [7, 11) is -3.72. The minimum atomic E-state index is -3.72. The summed E-state index contributed by atoms with van der Waals surface area (Å²) >= 11 is 0. The number of unbranched alkanes of at least 4 members (excludes halogenated alkanes) is 1. The summed E-state index contributed by atoms with van der Waals surface area (Å²) in [6.45, 7) is 5.98. The highest BCUT2D eigenvalue weighted by Gasteiger charge is 2.29. The molecule has 0 atom stereocenters. The van der Waals surface area contributed by atoms with Gasteiger partial charge in [-0.15, -0.1) is 12.4 Å².